The van der Waals surface area contributed by atoms with E-state index in [1.54, 1.807) is 13.0 Å². The molecule has 0 amide bonds. The van der Waals surface area contributed by atoms with E-state index in [1.807, 2.05) is 0 Å². The maximum Gasteiger partial charge on any atom is 0.331 e. The Labute approximate surface area is 76.5 Å². The molecule has 0 aliphatic heterocycles. The van der Waals surface area contributed by atoms with Gasteiger partial charge in [0.1, 0.15) is 6.10 Å². The summed E-state index contributed by atoms with van der Waals surface area (Å²) in [4.78, 5) is 20.8. The van der Waals surface area contributed by atoms with Crippen LogP contribution in [0.4, 0.5) is 0 Å². The van der Waals surface area contributed by atoms with Gasteiger partial charge in [0.2, 0.25) is 0 Å². The summed E-state index contributed by atoms with van der Waals surface area (Å²) in [6, 6.07) is 0. The Morgan fingerprint density at radius 2 is 2.15 bits per heavy atom. The van der Waals surface area contributed by atoms with Crippen LogP contribution in [0.3, 0.4) is 0 Å². The Morgan fingerprint density at radius 1 is 1.54 bits per heavy atom. The topological polar surface area (TPSA) is 63.6 Å². The van der Waals surface area contributed by atoms with Gasteiger partial charge in [0.15, 0.2) is 0 Å². The summed E-state index contributed by atoms with van der Waals surface area (Å²) in [5.74, 6) is -1.83. The lowest BCUT2D eigenvalue weighted by molar-refractivity contribution is -0.142. The predicted octanol–water partition coefficient (Wildman–Crippen LogP) is 1.14. The summed E-state index contributed by atoms with van der Waals surface area (Å²) in [5, 5.41) is 8.19. The molecule has 0 fully saturated rings. The van der Waals surface area contributed by atoms with E-state index in [9.17, 15) is 9.59 Å². The first-order chi connectivity index (χ1) is 6.06. The molecule has 0 aromatic carbocycles. The molecule has 0 aliphatic rings. The Bertz CT molecular complexity index is 230. The lowest BCUT2D eigenvalue weighted by Gasteiger charge is -2.07. The van der Waals surface area contributed by atoms with Crippen LogP contribution in [0.1, 0.15) is 13.3 Å². The predicted molar refractivity (Wildman–Crippen MR) is 47.1 cm³/mol. The Kier molecular flexibility index (Phi) is 5.27. The minimum absolute atomic E-state index is 0.275. The number of esters is 1. The minimum Gasteiger partial charge on any atom is -0.478 e. The fourth-order valence-electron chi connectivity index (χ4n) is 0.660. The van der Waals surface area contributed by atoms with Crippen molar-refractivity contribution in [2.45, 2.75) is 19.4 Å². The SMILES string of the molecule is C=CCC(C)OC(=O)C=CC(=O)O. The van der Waals surface area contributed by atoms with Crippen molar-refractivity contribution in [2.24, 2.45) is 0 Å². The molecule has 1 N–H and O–H groups in total. The number of ether oxygens (including phenoxy) is 1. The fourth-order valence-corrected chi connectivity index (χ4v) is 0.660. The molecule has 0 bridgehead atoms. The second-order valence-corrected chi connectivity index (χ2v) is 2.44. The van der Waals surface area contributed by atoms with E-state index in [4.69, 9.17) is 9.84 Å². The highest BCUT2D eigenvalue weighted by atomic mass is 16.5. The molecule has 13 heavy (non-hydrogen) atoms. The van der Waals surface area contributed by atoms with Crippen LogP contribution in [0, 0.1) is 0 Å². The molecular weight excluding hydrogens is 172 g/mol. The number of carboxylic acid groups (broad SMARTS) is 1. The molecule has 72 valence electrons. The summed E-state index contributed by atoms with van der Waals surface area (Å²) in [5.41, 5.74) is 0. The van der Waals surface area contributed by atoms with Crippen LogP contribution in [-0.2, 0) is 14.3 Å². The van der Waals surface area contributed by atoms with Gasteiger partial charge in [-0.25, -0.2) is 9.59 Å². The number of carbonyl (C=O) groups excluding carboxylic acids is 1. The maximum absolute atomic E-state index is 10.8. The molecule has 0 heterocycles. The molecule has 0 aliphatic carbocycles. The third kappa shape index (κ3) is 6.80. The van der Waals surface area contributed by atoms with Crippen LogP contribution >= 0.6 is 0 Å². The van der Waals surface area contributed by atoms with Crippen LogP contribution in [0.15, 0.2) is 24.8 Å². The molecule has 1 atom stereocenters. The van der Waals surface area contributed by atoms with Gasteiger partial charge in [-0.2, -0.15) is 0 Å². The number of carboxylic acids is 1. The van der Waals surface area contributed by atoms with E-state index in [0.717, 1.165) is 12.2 Å². The molecule has 1 unspecified atom stereocenters. The number of rotatable bonds is 5. The molecule has 4 heteroatoms. The van der Waals surface area contributed by atoms with Gasteiger partial charge >= 0.3 is 11.9 Å². The van der Waals surface area contributed by atoms with E-state index in [2.05, 4.69) is 6.58 Å². The Hall–Kier alpha value is -1.58. The van der Waals surface area contributed by atoms with Crippen LogP contribution in [-0.4, -0.2) is 23.1 Å². The number of aliphatic carboxylic acids is 1. The first-order valence-electron chi connectivity index (χ1n) is 3.78. The van der Waals surface area contributed by atoms with Crippen molar-refractivity contribution >= 4 is 11.9 Å². The molecule has 0 rings (SSSR count). The molecule has 0 aromatic heterocycles. The number of carbonyl (C=O) groups is 2. The first-order valence-corrected chi connectivity index (χ1v) is 3.78. The molecule has 0 aromatic rings. The summed E-state index contributed by atoms with van der Waals surface area (Å²) in [6.07, 6.45) is 3.51. The highest BCUT2D eigenvalue weighted by molar-refractivity contribution is 5.90. The normalized spacial score (nSPS) is 12.4. The summed E-state index contributed by atoms with van der Waals surface area (Å²) >= 11 is 0. The zero-order chi connectivity index (χ0) is 10.3. The molecule has 0 radical (unpaired) electrons. The van der Waals surface area contributed by atoms with Gasteiger partial charge < -0.3 is 9.84 Å². The fraction of sp³-hybridized carbons (Fsp3) is 0.333. The lowest BCUT2D eigenvalue weighted by atomic mass is 10.3. The average Bonchev–Trinajstić information content (AvgIpc) is 2.01. The van der Waals surface area contributed by atoms with Crippen molar-refractivity contribution in [3.05, 3.63) is 24.8 Å². The monoisotopic (exact) mass is 184 g/mol. The van der Waals surface area contributed by atoms with Crippen molar-refractivity contribution < 1.29 is 19.4 Å². The van der Waals surface area contributed by atoms with Gasteiger partial charge in [0, 0.05) is 18.6 Å². The minimum atomic E-state index is -1.17. The molecule has 4 nitrogen and oxygen atoms in total. The van der Waals surface area contributed by atoms with Gasteiger partial charge in [-0.15, -0.1) is 6.58 Å². The van der Waals surface area contributed by atoms with E-state index < -0.39 is 11.9 Å². The number of hydrogen-bond acceptors (Lipinski definition) is 3. The van der Waals surface area contributed by atoms with Crippen LogP contribution in [0.5, 0.6) is 0 Å². The second kappa shape index (κ2) is 5.99. The van der Waals surface area contributed by atoms with Crippen molar-refractivity contribution in [3.8, 4) is 0 Å². The first kappa shape index (κ1) is 11.4. The maximum atomic E-state index is 10.8. The van der Waals surface area contributed by atoms with Crippen molar-refractivity contribution in [3.63, 3.8) is 0 Å². The molecular formula is C9H12O4. The van der Waals surface area contributed by atoms with E-state index in [0.29, 0.717) is 6.42 Å². The summed E-state index contributed by atoms with van der Waals surface area (Å²) in [7, 11) is 0. The van der Waals surface area contributed by atoms with Crippen molar-refractivity contribution in [1.82, 2.24) is 0 Å². The highest BCUT2D eigenvalue weighted by Gasteiger charge is 2.04. The number of hydrogen-bond donors (Lipinski definition) is 1. The summed E-state index contributed by atoms with van der Waals surface area (Å²) < 4.78 is 4.78. The standard InChI is InChI=1S/C9H12O4/c1-3-4-7(2)13-9(12)6-5-8(10)11/h3,5-7H,1,4H2,2H3,(H,10,11). The average molecular weight is 184 g/mol. The van der Waals surface area contributed by atoms with Gasteiger partial charge in [-0.3, -0.25) is 0 Å². The molecule has 0 saturated carbocycles. The quantitative estimate of drug-likeness (QED) is 0.395. The largest absolute Gasteiger partial charge is 0.478 e. The third-order valence-corrected chi connectivity index (χ3v) is 1.18. The van der Waals surface area contributed by atoms with Crippen molar-refractivity contribution in [2.75, 3.05) is 0 Å². The van der Waals surface area contributed by atoms with E-state index in [-0.39, 0.29) is 6.10 Å². The van der Waals surface area contributed by atoms with E-state index in [1.165, 1.54) is 0 Å². The van der Waals surface area contributed by atoms with E-state index >= 15 is 0 Å². The van der Waals surface area contributed by atoms with Crippen LogP contribution < -0.4 is 0 Å². The van der Waals surface area contributed by atoms with Crippen LogP contribution in [0.2, 0.25) is 0 Å². The Balaban J connectivity index is 3.86. The Morgan fingerprint density at radius 3 is 2.62 bits per heavy atom. The molecule has 0 saturated heterocycles. The highest BCUT2D eigenvalue weighted by Crippen LogP contribution is 1.98. The smallest absolute Gasteiger partial charge is 0.331 e. The molecule has 0 spiro atoms. The van der Waals surface area contributed by atoms with Gasteiger partial charge in [-0.05, 0) is 6.92 Å². The third-order valence-electron chi connectivity index (χ3n) is 1.18. The second-order valence-electron chi connectivity index (χ2n) is 2.44. The van der Waals surface area contributed by atoms with Gasteiger partial charge in [0.25, 0.3) is 0 Å². The van der Waals surface area contributed by atoms with Crippen molar-refractivity contribution in [1.29, 1.82) is 0 Å². The zero-order valence-corrected chi connectivity index (χ0v) is 7.40. The van der Waals surface area contributed by atoms with Gasteiger partial charge in [0.05, 0.1) is 0 Å². The van der Waals surface area contributed by atoms with Gasteiger partial charge in [-0.1, -0.05) is 6.08 Å². The lowest BCUT2D eigenvalue weighted by Crippen LogP contribution is -2.12. The zero-order valence-electron chi connectivity index (χ0n) is 7.40. The van der Waals surface area contributed by atoms with Crippen LogP contribution in [0.25, 0.3) is 0 Å². The summed E-state index contributed by atoms with van der Waals surface area (Å²) in [6.45, 7) is 5.18.